The Morgan fingerprint density at radius 3 is 2.54 bits per heavy atom. The molecule has 5 heteroatoms. The third-order valence-corrected chi connectivity index (χ3v) is 5.74. The maximum Gasteiger partial charge on any atom is 0.223 e. The molecule has 0 aliphatic carbocycles. The smallest absolute Gasteiger partial charge is 0.223 e. The first-order chi connectivity index (χ1) is 12.1. The largest absolute Gasteiger partial charge is 0.337 e. The Hall–Kier alpha value is -1.91. The van der Waals surface area contributed by atoms with Gasteiger partial charge < -0.3 is 4.90 Å². The molecule has 26 heavy (non-hydrogen) atoms. The molecule has 3 rings (SSSR count). The van der Waals surface area contributed by atoms with Crippen molar-refractivity contribution < 1.29 is 9.18 Å². The Kier molecular flexibility index (Phi) is 4.84. The van der Waals surface area contributed by atoms with Gasteiger partial charge >= 0.3 is 0 Å². The number of rotatable bonds is 3. The molecule has 142 valence electrons. The molecular formula is C21H30FN3O. The molecule has 4 nitrogen and oxygen atoms in total. The number of hydrogen-bond donors (Lipinski definition) is 0. The summed E-state index contributed by atoms with van der Waals surface area (Å²) in [5.41, 5.74) is 1.70. The summed E-state index contributed by atoms with van der Waals surface area (Å²) in [6, 6.07) is 5.47. The first kappa shape index (κ1) is 18.9. The fourth-order valence-corrected chi connectivity index (χ4v) is 4.92. The van der Waals surface area contributed by atoms with Gasteiger partial charge in [-0.1, -0.05) is 26.8 Å². The average Bonchev–Trinajstić information content (AvgIpc) is 2.84. The lowest BCUT2D eigenvalue weighted by atomic mass is 9.76. The topological polar surface area (TPSA) is 38.1 Å². The number of aryl methyl sites for hydroxylation is 1. The summed E-state index contributed by atoms with van der Waals surface area (Å²) >= 11 is 0. The van der Waals surface area contributed by atoms with Gasteiger partial charge in [-0.2, -0.15) is 5.10 Å². The normalized spacial score (nSPS) is 24.0. The zero-order valence-electron chi connectivity index (χ0n) is 16.7. The lowest BCUT2D eigenvalue weighted by Gasteiger charge is -2.46. The van der Waals surface area contributed by atoms with Crippen LogP contribution in [0, 0.1) is 11.2 Å². The van der Waals surface area contributed by atoms with Crippen LogP contribution in [0.3, 0.4) is 0 Å². The molecule has 3 atom stereocenters. The van der Waals surface area contributed by atoms with Crippen molar-refractivity contribution in [3.05, 3.63) is 29.7 Å². The van der Waals surface area contributed by atoms with Gasteiger partial charge in [0.1, 0.15) is 5.82 Å². The molecule has 1 aromatic heterocycles. The van der Waals surface area contributed by atoms with Gasteiger partial charge in [-0.05, 0) is 44.2 Å². The van der Waals surface area contributed by atoms with Crippen molar-refractivity contribution in [2.45, 2.75) is 71.9 Å². The standard InChI is InChI=1S/C21H30FN3O/c1-13(20-19-16(22)8-7-9-17(19)24(6)23-20)10-18(26)25-14(2)11-21(4,5)12-15(25)3/h7-9,13-15H,10-12H2,1-6H3. The molecule has 3 unspecified atom stereocenters. The maximum atomic E-state index is 14.4. The molecule has 1 fully saturated rings. The molecule has 1 saturated heterocycles. The molecule has 2 heterocycles. The molecule has 0 N–H and O–H groups in total. The summed E-state index contributed by atoms with van der Waals surface area (Å²) in [6.07, 6.45) is 2.38. The van der Waals surface area contributed by atoms with Crippen molar-refractivity contribution in [3.63, 3.8) is 0 Å². The monoisotopic (exact) mass is 359 g/mol. The van der Waals surface area contributed by atoms with Gasteiger partial charge in [-0.15, -0.1) is 0 Å². The van der Waals surface area contributed by atoms with Crippen LogP contribution >= 0.6 is 0 Å². The summed E-state index contributed by atoms with van der Waals surface area (Å²) in [7, 11) is 1.82. The van der Waals surface area contributed by atoms with E-state index in [1.807, 2.05) is 24.9 Å². The van der Waals surface area contributed by atoms with E-state index in [-0.39, 0.29) is 35.1 Å². The Bertz CT molecular complexity index is 812. The van der Waals surface area contributed by atoms with Crippen LogP contribution in [0.5, 0.6) is 0 Å². The second kappa shape index (κ2) is 6.67. The predicted octanol–water partition coefficient (Wildman–Crippen LogP) is 4.63. The highest BCUT2D eigenvalue weighted by molar-refractivity contribution is 5.84. The van der Waals surface area contributed by atoms with Crippen LogP contribution in [0.1, 0.15) is 65.5 Å². The van der Waals surface area contributed by atoms with E-state index in [1.165, 1.54) is 6.07 Å². The van der Waals surface area contributed by atoms with E-state index in [0.29, 0.717) is 17.5 Å². The quantitative estimate of drug-likeness (QED) is 0.801. The molecular weight excluding hydrogens is 329 g/mol. The summed E-state index contributed by atoms with van der Waals surface area (Å²) in [5, 5.41) is 5.05. The molecule has 0 bridgehead atoms. The number of aromatic nitrogens is 2. The Labute approximate surface area is 155 Å². The summed E-state index contributed by atoms with van der Waals surface area (Å²) in [6.45, 7) is 10.8. The Morgan fingerprint density at radius 2 is 1.92 bits per heavy atom. The van der Waals surface area contributed by atoms with Crippen LogP contribution in [0.25, 0.3) is 10.9 Å². The van der Waals surface area contributed by atoms with Gasteiger partial charge in [0.05, 0.1) is 16.6 Å². The summed E-state index contributed by atoms with van der Waals surface area (Å²) < 4.78 is 16.1. The molecule has 0 saturated carbocycles. The molecule has 1 aliphatic heterocycles. The first-order valence-corrected chi connectivity index (χ1v) is 9.53. The average molecular weight is 359 g/mol. The van der Waals surface area contributed by atoms with Gasteiger partial charge in [0, 0.05) is 31.5 Å². The SMILES string of the molecule is CC(CC(=O)N1C(C)CC(C)(C)CC1C)c1nn(C)c2cccc(F)c12. The summed E-state index contributed by atoms with van der Waals surface area (Å²) in [5.74, 6) is -0.257. The fourth-order valence-electron chi connectivity index (χ4n) is 4.92. The van der Waals surface area contributed by atoms with E-state index < -0.39 is 0 Å². The summed E-state index contributed by atoms with van der Waals surface area (Å²) in [4.78, 5) is 15.1. The Balaban J connectivity index is 1.82. The number of likely N-dealkylation sites (tertiary alicyclic amines) is 1. The van der Waals surface area contributed by atoms with E-state index in [1.54, 1.807) is 10.7 Å². The van der Waals surface area contributed by atoms with Crippen molar-refractivity contribution in [1.29, 1.82) is 0 Å². The van der Waals surface area contributed by atoms with Gasteiger partial charge in [-0.25, -0.2) is 4.39 Å². The second-order valence-corrected chi connectivity index (χ2v) is 8.82. The van der Waals surface area contributed by atoms with E-state index in [4.69, 9.17) is 0 Å². The van der Waals surface area contributed by atoms with Gasteiger partial charge in [0.2, 0.25) is 5.91 Å². The number of fused-ring (bicyclic) bond motifs is 1. The minimum atomic E-state index is -0.272. The maximum absolute atomic E-state index is 14.4. The highest BCUT2D eigenvalue weighted by Crippen LogP contribution is 2.38. The number of benzene rings is 1. The van der Waals surface area contributed by atoms with Gasteiger partial charge in [-0.3, -0.25) is 9.48 Å². The molecule has 1 aromatic carbocycles. The van der Waals surface area contributed by atoms with Crippen molar-refractivity contribution in [2.75, 3.05) is 0 Å². The predicted molar refractivity (Wildman–Crippen MR) is 102 cm³/mol. The molecule has 0 radical (unpaired) electrons. The van der Waals surface area contributed by atoms with Crippen LogP contribution in [0.15, 0.2) is 18.2 Å². The zero-order chi connectivity index (χ0) is 19.2. The molecule has 1 amide bonds. The van der Waals surface area contributed by atoms with Crippen LogP contribution in [-0.4, -0.2) is 32.7 Å². The van der Waals surface area contributed by atoms with E-state index >= 15 is 0 Å². The Morgan fingerprint density at radius 1 is 1.31 bits per heavy atom. The minimum absolute atomic E-state index is 0.127. The van der Waals surface area contributed by atoms with Gasteiger partial charge in [0.25, 0.3) is 0 Å². The van der Waals surface area contributed by atoms with Crippen LogP contribution in [0.4, 0.5) is 4.39 Å². The number of carbonyl (C=O) groups is 1. The lowest BCUT2D eigenvalue weighted by molar-refractivity contribution is -0.140. The van der Waals surface area contributed by atoms with Crippen molar-refractivity contribution in [1.82, 2.24) is 14.7 Å². The third-order valence-electron chi connectivity index (χ3n) is 5.74. The van der Waals surface area contributed by atoms with Crippen LogP contribution in [-0.2, 0) is 11.8 Å². The molecule has 1 aliphatic rings. The number of carbonyl (C=O) groups excluding carboxylic acids is 1. The third kappa shape index (κ3) is 3.36. The zero-order valence-corrected chi connectivity index (χ0v) is 16.7. The van der Waals surface area contributed by atoms with E-state index in [0.717, 1.165) is 18.4 Å². The first-order valence-electron chi connectivity index (χ1n) is 9.53. The minimum Gasteiger partial charge on any atom is -0.337 e. The second-order valence-electron chi connectivity index (χ2n) is 8.82. The number of halogens is 1. The van der Waals surface area contributed by atoms with E-state index in [2.05, 4.69) is 32.8 Å². The van der Waals surface area contributed by atoms with Crippen molar-refractivity contribution >= 4 is 16.8 Å². The van der Waals surface area contributed by atoms with Crippen LogP contribution in [0.2, 0.25) is 0 Å². The number of piperidine rings is 1. The van der Waals surface area contributed by atoms with Crippen molar-refractivity contribution in [3.8, 4) is 0 Å². The number of amides is 1. The number of nitrogens with zero attached hydrogens (tertiary/aromatic N) is 3. The van der Waals surface area contributed by atoms with Gasteiger partial charge in [0.15, 0.2) is 0 Å². The molecule has 0 spiro atoms. The van der Waals surface area contributed by atoms with Crippen LogP contribution < -0.4 is 0 Å². The highest BCUT2D eigenvalue weighted by Gasteiger charge is 2.38. The highest BCUT2D eigenvalue weighted by atomic mass is 19.1. The van der Waals surface area contributed by atoms with E-state index in [9.17, 15) is 9.18 Å². The van der Waals surface area contributed by atoms with Crippen molar-refractivity contribution in [2.24, 2.45) is 12.5 Å². The lowest BCUT2D eigenvalue weighted by Crippen LogP contribution is -2.52. The molecule has 2 aromatic rings. The number of hydrogen-bond acceptors (Lipinski definition) is 2. The fraction of sp³-hybridized carbons (Fsp3) is 0.619.